The Morgan fingerprint density at radius 1 is 1.05 bits per heavy atom. The van der Waals surface area contributed by atoms with Gasteiger partial charge >= 0.3 is 0 Å². The number of anilines is 1. The SMILES string of the molecule is CCCN1CCc2c(sc(NC(=O)c3ccc(S(=O)(=O)N4CCOCC4)cc3)c2C(=O)N(CC)CC)C1. The Kier molecular flexibility index (Phi) is 9.02. The summed E-state index contributed by atoms with van der Waals surface area (Å²) >= 11 is 1.47. The van der Waals surface area contributed by atoms with Crippen molar-refractivity contribution in [3.8, 4) is 0 Å². The number of rotatable bonds is 9. The van der Waals surface area contributed by atoms with Gasteiger partial charge in [-0.2, -0.15) is 4.31 Å². The Morgan fingerprint density at radius 3 is 2.35 bits per heavy atom. The largest absolute Gasteiger partial charge is 0.379 e. The maximum Gasteiger partial charge on any atom is 0.257 e. The number of nitrogens with zero attached hydrogens (tertiary/aromatic N) is 3. The molecule has 202 valence electrons. The molecule has 0 bridgehead atoms. The Labute approximate surface area is 223 Å². The molecule has 0 aliphatic carbocycles. The maximum atomic E-state index is 13.5. The highest BCUT2D eigenvalue weighted by Crippen LogP contribution is 2.38. The fourth-order valence-electron chi connectivity index (χ4n) is 4.84. The van der Waals surface area contributed by atoms with E-state index in [-0.39, 0.29) is 16.7 Å². The number of ether oxygens (including phenoxy) is 1. The summed E-state index contributed by atoms with van der Waals surface area (Å²) in [5, 5.41) is 3.54. The van der Waals surface area contributed by atoms with Crippen molar-refractivity contribution in [2.45, 2.75) is 45.1 Å². The molecular weight excluding hydrogens is 512 g/mol. The standard InChI is InChI=1S/C26H36N4O5S2/c1-4-12-28-13-11-21-22(18-28)36-25(23(21)26(32)29(5-2)6-3)27-24(31)19-7-9-20(10-8-19)37(33,34)30-14-16-35-17-15-30/h7-10H,4-6,11-18H2,1-3H3,(H,27,31). The van der Waals surface area contributed by atoms with Crippen molar-refractivity contribution in [3.05, 3.63) is 45.8 Å². The third-order valence-electron chi connectivity index (χ3n) is 6.89. The van der Waals surface area contributed by atoms with Crippen LogP contribution in [0.15, 0.2) is 29.2 Å². The second-order valence-corrected chi connectivity index (χ2v) is 12.2. The van der Waals surface area contributed by atoms with Gasteiger partial charge in [-0.05, 0) is 63.1 Å². The van der Waals surface area contributed by atoms with E-state index in [0.717, 1.165) is 42.9 Å². The minimum absolute atomic E-state index is 0.0614. The third kappa shape index (κ3) is 5.91. The number of thiophene rings is 1. The molecule has 4 rings (SSSR count). The van der Waals surface area contributed by atoms with E-state index in [0.29, 0.717) is 55.5 Å². The Bertz CT molecular complexity index is 1220. The summed E-state index contributed by atoms with van der Waals surface area (Å²) in [6, 6.07) is 5.96. The van der Waals surface area contributed by atoms with Gasteiger partial charge in [-0.3, -0.25) is 14.5 Å². The van der Waals surface area contributed by atoms with Crippen LogP contribution in [0.2, 0.25) is 0 Å². The van der Waals surface area contributed by atoms with Crippen molar-refractivity contribution in [3.63, 3.8) is 0 Å². The highest BCUT2D eigenvalue weighted by molar-refractivity contribution is 7.89. The molecule has 9 nitrogen and oxygen atoms in total. The number of carbonyl (C=O) groups excluding carboxylic acids is 2. The molecule has 2 amide bonds. The molecule has 1 N–H and O–H groups in total. The normalized spacial score (nSPS) is 16.8. The predicted octanol–water partition coefficient (Wildman–Crippen LogP) is 3.27. The smallest absolute Gasteiger partial charge is 0.257 e. The molecule has 2 aliphatic rings. The molecule has 3 heterocycles. The van der Waals surface area contributed by atoms with Gasteiger partial charge in [0.2, 0.25) is 10.0 Å². The zero-order chi connectivity index (χ0) is 26.6. The molecular formula is C26H36N4O5S2. The van der Waals surface area contributed by atoms with Crippen LogP contribution in [0.3, 0.4) is 0 Å². The predicted molar refractivity (Wildman–Crippen MR) is 145 cm³/mol. The summed E-state index contributed by atoms with van der Waals surface area (Å²) in [5.74, 6) is -0.429. The van der Waals surface area contributed by atoms with E-state index < -0.39 is 10.0 Å². The van der Waals surface area contributed by atoms with Gasteiger partial charge in [0.15, 0.2) is 0 Å². The summed E-state index contributed by atoms with van der Waals surface area (Å²) in [4.78, 5) is 32.1. The molecule has 0 unspecified atom stereocenters. The van der Waals surface area contributed by atoms with E-state index in [9.17, 15) is 18.0 Å². The van der Waals surface area contributed by atoms with Crippen LogP contribution in [0, 0.1) is 0 Å². The zero-order valence-electron chi connectivity index (χ0n) is 21.8. The van der Waals surface area contributed by atoms with Crippen molar-refractivity contribution in [1.29, 1.82) is 0 Å². The van der Waals surface area contributed by atoms with Gasteiger partial charge in [0.05, 0.1) is 23.7 Å². The van der Waals surface area contributed by atoms with Crippen LogP contribution < -0.4 is 5.32 Å². The van der Waals surface area contributed by atoms with Crippen LogP contribution in [0.4, 0.5) is 5.00 Å². The number of fused-ring (bicyclic) bond motifs is 1. The molecule has 0 spiro atoms. The molecule has 1 aromatic carbocycles. The van der Waals surface area contributed by atoms with E-state index in [1.165, 1.54) is 39.9 Å². The number of hydrogen-bond donors (Lipinski definition) is 1. The van der Waals surface area contributed by atoms with Gasteiger partial charge < -0.3 is 15.0 Å². The van der Waals surface area contributed by atoms with Gasteiger partial charge in [-0.15, -0.1) is 11.3 Å². The molecule has 1 aromatic heterocycles. The lowest BCUT2D eigenvalue weighted by Crippen LogP contribution is -2.40. The third-order valence-corrected chi connectivity index (χ3v) is 9.94. The quantitative estimate of drug-likeness (QED) is 0.517. The monoisotopic (exact) mass is 548 g/mol. The summed E-state index contributed by atoms with van der Waals surface area (Å²) in [5.41, 5.74) is 1.97. The van der Waals surface area contributed by atoms with Crippen LogP contribution in [-0.2, 0) is 27.7 Å². The summed E-state index contributed by atoms with van der Waals surface area (Å²) in [6.45, 7) is 11.3. The highest BCUT2D eigenvalue weighted by Gasteiger charge is 2.31. The van der Waals surface area contributed by atoms with Crippen molar-refractivity contribution >= 4 is 38.2 Å². The van der Waals surface area contributed by atoms with Crippen LogP contribution in [0.1, 0.15) is 58.3 Å². The van der Waals surface area contributed by atoms with E-state index >= 15 is 0 Å². The lowest BCUT2D eigenvalue weighted by molar-refractivity contribution is 0.0730. The summed E-state index contributed by atoms with van der Waals surface area (Å²) < 4.78 is 32.5. The molecule has 2 aromatic rings. The lowest BCUT2D eigenvalue weighted by Gasteiger charge is -2.27. The maximum absolute atomic E-state index is 13.5. The van der Waals surface area contributed by atoms with Crippen molar-refractivity contribution in [2.75, 3.05) is 57.8 Å². The number of morpholine rings is 1. The Hall–Kier alpha value is -2.31. The van der Waals surface area contributed by atoms with Crippen LogP contribution in [0.5, 0.6) is 0 Å². The molecule has 0 atom stereocenters. The first kappa shape index (κ1) is 27.7. The average molecular weight is 549 g/mol. The Balaban J connectivity index is 1.58. The first-order valence-corrected chi connectivity index (χ1v) is 15.2. The molecule has 0 saturated carbocycles. The van der Waals surface area contributed by atoms with E-state index in [2.05, 4.69) is 17.1 Å². The van der Waals surface area contributed by atoms with Gasteiger partial charge in [0.25, 0.3) is 11.8 Å². The van der Waals surface area contributed by atoms with E-state index in [1.807, 2.05) is 13.8 Å². The van der Waals surface area contributed by atoms with Gasteiger partial charge in [-0.25, -0.2) is 8.42 Å². The van der Waals surface area contributed by atoms with Gasteiger partial charge in [0, 0.05) is 49.7 Å². The van der Waals surface area contributed by atoms with Crippen LogP contribution in [-0.4, -0.2) is 86.8 Å². The topological polar surface area (TPSA) is 99.3 Å². The number of sulfonamides is 1. The molecule has 37 heavy (non-hydrogen) atoms. The first-order valence-electron chi connectivity index (χ1n) is 13.0. The number of benzene rings is 1. The van der Waals surface area contributed by atoms with Gasteiger partial charge in [0.1, 0.15) is 5.00 Å². The molecule has 1 saturated heterocycles. The van der Waals surface area contributed by atoms with Crippen LogP contribution in [0.25, 0.3) is 0 Å². The summed E-state index contributed by atoms with van der Waals surface area (Å²) in [7, 11) is -3.64. The number of carbonyl (C=O) groups is 2. The lowest BCUT2D eigenvalue weighted by atomic mass is 10.0. The summed E-state index contributed by atoms with van der Waals surface area (Å²) in [6.07, 6.45) is 1.84. The van der Waals surface area contributed by atoms with Crippen molar-refractivity contribution < 1.29 is 22.7 Å². The second kappa shape index (κ2) is 12.0. The molecule has 11 heteroatoms. The van der Waals surface area contributed by atoms with Gasteiger partial charge in [-0.1, -0.05) is 6.92 Å². The van der Waals surface area contributed by atoms with E-state index in [4.69, 9.17) is 4.74 Å². The van der Waals surface area contributed by atoms with E-state index in [1.54, 1.807) is 4.90 Å². The fraction of sp³-hybridized carbons (Fsp3) is 0.538. The molecule has 2 aliphatic heterocycles. The molecule has 1 fully saturated rings. The van der Waals surface area contributed by atoms with Crippen molar-refractivity contribution in [1.82, 2.24) is 14.1 Å². The minimum Gasteiger partial charge on any atom is -0.379 e. The molecule has 0 radical (unpaired) electrons. The van der Waals surface area contributed by atoms with Crippen molar-refractivity contribution in [2.24, 2.45) is 0 Å². The highest BCUT2D eigenvalue weighted by atomic mass is 32.2. The zero-order valence-corrected chi connectivity index (χ0v) is 23.4. The number of hydrogen-bond acceptors (Lipinski definition) is 7. The average Bonchev–Trinajstić information content (AvgIpc) is 3.27. The van der Waals surface area contributed by atoms with Crippen LogP contribution >= 0.6 is 11.3 Å². The second-order valence-electron chi connectivity index (χ2n) is 9.21. The first-order chi connectivity index (χ1) is 17.8. The fourth-order valence-corrected chi connectivity index (χ4v) is 7.52. The number of amides is 2. The number of nitrogens with one attached hydrogen (secondary N) is 1. The minimum atomic E-state index is -3.64. The Morgan fingerprint density at radius 2 is 1.73 bits per heavy atom.